The number of hydrogen-bond acceptors (Lipinski definition) is 4. The predicted molar refractivity (Wildman–Crippen MR) is 84.4 cm³/mol. The Balaban J connectivity index is 1.89. The van der Waals surface area contributed by atoms with Gasteiger partial charge in [0.05, 0.1) is 6.54 Å². The van der Waals surface area contributed by atoms with Crippen LogP contribution in [0.3, 0.4) is 0 Å². The lowest BCUT2D eigenvalue weighted by atomic mass is 9.88. The maximum atomic E-state index is 12.1. The van der Waals surface area contributed by atoms with Crippen LogP contribution < -0.4 is 5.32 Å². The highest BCUT2D eigenvalue weighted by Gasteiger charge is 2.39. The molecule has 0 spiro atoms. The van der Waals surface area contributed by atoms with E-state index in [0.29, 0.717) is 6.54 Å². The molecule has 0 unspecified atom stereocenters. The Morgan fingerprint density at radius 3 is 2.55 bits per heavy atom. The molecule has 2 aliphatic rings. The summed E-state index contributed by atoms with van der Waals surface area (Å²) >= 11 is 0. The summed E-state index contributed by atoms with van der Waals surface area (Å²) in [7, 11) is 1.61. The Bertz CT molecular complexity index is 413. The summed E-state index contributed by atoms with van der Waals surface area (Å²) in [5.41, 5.74) is 0.0193. The van der Waals surface area contributed by atoms with Gasteiger partial charge in [0.15, 0.2) is 0 Å². The molecule has 2 aliphatic heterocycles. The number of carbonyl (C=O) groups excluding carboxylic acids is 2. The molecule has 0 bridgehead atoms. The van der Waals surface area contributed by atoms with E-state index in [4.69, 9.17) is 4.74 Å². The Morgan fingerprint density at radius 1 is 1.32 bits per heavy atom. The molecule has 22 heavy (non-hydrogen) atoms. The Hall–Kier alpha value is -1.40. The Labute approximate surface area is 132 Å². The fourth-order valence-corrected chi connectivity index (χ4v) is 3.32. The van der Waals surface area contributed by atoms with Crippen LogP contribution in [-0.2, 0) is 14.3 Å². The van der Waals surface area contributed by atoms with Crippen LogP contribution in [0, 0.1) is 0 Å². The van der Waals surface area contributed by atoms with Crippen LogP contribution >= 0.6 is 0 Å². The fourth-order valence-electron chi connectivity index (χ4n) is 3.32. The van der Waals surface area contributed by atoms with E-state index in [9.17, 15) is 9.59 Å². The van der Waals surface area contributed by atoms with E-state index in [1.54, 1.807) is 7.05 Å². The van der Waals surface area contributed by atoms with Crippen LogP contribution in [0.4, 0.5) is 0 Å². The number of nitrogens with one attached hydrogen (secondary N) is 1. The zero-order valence-electron chi connectivity index (χ0n) is 13.5. The second kappa shape index (κ2) is 7.74. The molecule has 0 saturated carbocycles. The van der Waals surface area contributed by atoms with E-state index in [0.717, 1.165) is 39.1 Å². The molecule has 0 aromatic carbocycles. The highest BCUT2D eigenvalue weighted by Crippen LogP contribution is 2.30. The van der Waals surface area contributed by atoms with Crippen molar-refractivity contribution in [3.8, 4) is 0 Å². The number of amides is 2. The summed E-state index contributed by atoms with van der Waals surface area (Å²) in [6.45, 7) is 7.83. The third-order valence-electron chi connectivity index (χ3n) is 4.75. The fraction of sp³-hybridized carbons (Fsp3) is 0.750. The van der Waals surface area contributed by atoms with Crippen LogP contribution in [0.2, 0.25) is 0 Å². The van der Waals surface area contributed by atoms with Crippen molar-refractivity contribution in [2.24, 2.45) is 0 Å². The number of hydrogen-bond donors (Lipinski definition) is 1. The summed E-state index contributed by atoms with van der Waals surface area (Å²) < 4.78 is 5.50. The molecular formula is C16H27N3O3. The second-order valence-electron chi connectivity index (χ2n) is 6.21. The minimum absolute atomic E-state index is 0.0193. The van der Waals surface area contributed by atoms with Gasteiger partial charge in [-0.15, -0.1) is 0 Å². The molecular weight excluding hydrogens is 282 g/mol. The van der Waals surface area contributed by atoms with Crippen LogP contribution in [0.5, 0.6) is 0 Å². The molecule has 2 fully saturated rings. The average molecular weight is 309 g/mol. The number of likely N-dealkylation sites (tertiary alicyclic amines) is 1. The standard InChI is InChI=1S/C16H27N3O3/c1-3-15(21)18(2)12-14(20)17-13-16(6-10-22-11-7-16)19-8-4-5-9-19/h3H,1,4-13H2,2H3,(H,17,20). The molecule has 0 radical (unpaired) electrons. The van der Waals surface area contributed by atoms with E-state index in [-0.39, 0.29) is 23.9 Å². The number of nitrogens with zero attached hydrogens (tertiary/aromatic N) is 2. The summed E-state index contributed by atoms with van der Waals surface area (Å²) in [4.78, 5) is 27.4. The molecule has 1 N–H and O–H groups in total. The van der Waals surface area contributed by atoms with Gasteiger partial charge in [0.2, 0.25) is 11.8 Å². The Kier molecular flexibility index (Phi) is 5.97. The molecule has 2 rings (SSSR count). The quantitative estimate of drug-likeness (QED) is 0.721. The molecule has 2 amide bonds. The smallest absolute Gasteiger partial charge is 0.246 e. The second-order valence-corrected chi connectivity index (χ2v) is 6.21. The Morgan fingerprint density at radius 2 is 1.95 bits per heavy atom. The van der Waals surface area contributed by atoms with E-state index < -0.39 is 0 Å². The monoisotopic (exact) mass is 309 g/mol. The van der Waals surface area contributed by atoms with Gasteiger partial charge in [0.25, 0.3) is 0 Å². The number of rotatable bonds is 6. The van der Waals surface area contributed by atoms with E-state index in [1.807, 2.05) is 0 Å². The van der Waals surface area contributed by atoms with Gasteiger partial charge in [0.1, 0.15) is 0 Å². The lowest BCUT2D eigenvalue weighted by Gasteiger charge is -2.44. The van der Waals surface area contributed by atoms with Crippen molar-refractivity contribution in [2.45, 2.75) is 31.2 Å². The largest absolute Gasteiger partial charge is 0.381 e. The summed E-state index contributed by atoms with van der Waals surface area (Å²) in [5, 5.41) is 3.02. The van der Waals surface area contributed by atoms with Crippen molar-refractivity contribution in [3.63, 3.8) is 0 Å². The van der Waals surface area contributed by atoms with Gasteiger partial charge in [-0.05, 0) is 44.8 Å². The normalized spacial score (nSPS) is 21.3. The van der Waals surface area contributed by atoms with Crippen molar-refractivity contribution in [1.29, 1.82) is 0 Å². The zero-order valence-corrected chi connectivity index (χ0v) is 13.5. The van der Waals surface area contributed by atoms with Crippen LogP contribution in [0.15, 0.2) is 12.7 Å². The van der Waals surface area contributed by atoms with Crippen molar-refractivity contribution < 1.29 is 14.3 Å². The molecule has 0 aliphatic carbocycles. The van der Waals surface area contributed by atoms with Crippen LogP contribution in [0.1, 0.15) is 25.7 Å². The first kappa shape index (κ1) is 17.0. The van der Waals surface area contributed by atoms with Gasteiger partial charge in [-0.1, -0.05) is 6.58 Å². The third-order valence-corrected chi connectivity index (χ3v) is 4.75. The SMILES string of the molecule is C=CC(=O)N(C)CC(=O)NCC1(N2CCCC2)CCOCC1. The van der Waals surface area contributed by atoms with Crippen molar-refractivity contribution in [3.05, 3.63) is 12.7 Å². The molecule has 2 saturated heterocycles. The summed E-state index contributed by atoms with van der Waals surface area (Å²) in [5.74, 6) is -0.363. The summed E-state index contributed by atoms with van der Waals surface area (Å²) in [6.07, 6.45) is 5.58. The minimum Gasteiger partial charge on any atom is -0.381 e. The average Bonchev–Trinajstić information content (AvgIpc) is 3.08. The molecule has 0 atom stereocenters. The van der Waals surface area contributed by atoms with Gasteiger partial charge < -0.3 is 15.0 Å². The maximum Gasteiger partial charge on any atom is 0.246 e. The topological polar surface area (TPSA) is 61.9 Å². The molecule has 6 nitrogen and oxygen atoms in total. The molecule has 0 aromatic rings. The minimum atomic E-state index is -0.240. The highest BCUT2D eigenvalue weighted by molar-refractivity contribution is 5.90. The number of ether oxygens (including phenoxy) is 1. The first-order valence-electron chi connectivity index (χ1n) is 8.04. The van der Waals surface area contributed by atoms with Gasteiger partial charge in [-0.25, -0.2) is 0 Å². The van der Waals surface area contributed by atoms with Crippen molar-refractivity contribution >= 4 is 11.8 Å². The number of carbonyl (C=O) groups is 2. The highest BCUT2D eigenvalue weighted by atomic mass is 16.5. The molecule has 2 heterocycles. The molecule has 124 valence electrons. The van der Waals surface area contributed by atoms with Gasteiger partial charge >= 0.3 is 0 Å². The first-order valence-corrected chi connectivity index (χ1v) is 8.04. The van der Waals surface area contributed by atoms with Crippen molar-refractivity contribution in [1.82, 2.24) is 15.1 Å². The molecule has 6 heteroatoms. The van der Waals surface area contributed by atoms with Gasteiger partial charge in [-0.2, -0.15) is 0 Å². The van der Waals surface area contributed by atoms with Crippen LogP contribution in [-0.4, -0.2) is 73.6 Å². The number of likely N-dealkylation sites (N-methyl/N-ethyl adjacent to an activating group) is 1. The van der Waals surface area contributed by atoms with Crippen molar-refractivity contribution in [2.75, 3.05) is 46.4 Å². The zero-order chi connectivity index (χ0) is 16.0. The molecule has 0 aromatic heterocycles. The maximum absolute atomic E-state index is 12.1. The lowest BCUT2D eigenvalue weighted by molar-refractivity contribution is -0.131. The van der Waals surface area contributed by atoms with E-state index >= 15 is 0 Å². The van der Waals surface area contributed by atoms with Crippen LogP contribution in [0.25, 0.3) is 0 Å². The van der Waals surface area contributed by atoms with Gasteiger partial charge in [-0.3, -0.25) is 14.5 Å². The third kappa shape index (κ3) is 4.08. The van der Waals surface area contributed by atoms with E-state index in [2.05, 4.69) is 16.8 Å². The van der Waals surface area contributed by atoms with E-state index in [1.165, 1.54) is 23.8 Å². The van der Waals surface area contributed by atoms with Gasteiger partial charge in [0, 0.05) is 32.3 Å². The summed E-state index contributed by atoms with van der Waals surface area (Å²) in [6, 6.07) is 0. The lowest BCUT2D eigenvalue weighted by Crippen LogP contribution is -2.58. The first-order chi connectivity index (χ1) is 10.6. The predicted octanol–water partition coefficient (Wildman–Crippen LogP) is 0.392.